The van der Waals surface area contributed by atoms with Crippen molar-refractivity contribution in [1.82, 2.24) is 10.2 Å². The molecule has 0 spiro atoms. The molecule has 1 amide bonds. The largest absolute Gasteiger partial charge is 0.356 e. The summed E-state index contributed by atoms with van der Waals surface area (Å²) in [6.07, 6.45) is 2.96. The minimum Gasteiger partial charge on any atom is -0.356 e. The van der Waals surface area contributed by atoms with Gasteiger partial charge in [0.25, 0.3) is 0 Å². The van der Waals surface area contributed by atoms with Gasteiger partial charge in [-0.25, -0.2) is 0 Å². The highest BCUT2D eigenvalue weighted by Gasteiger charge is 2.40. The van der Waals surface area contributed by atoms with Gasteiger partial charge in [0.15, 0.2) is 0 Å². The first-order valence-corrected chi connectivity index (χ1v) is 6.00. The van der Waals surface area contributed by atoms with Crippen LogP contribution in [0.5, 0.6) is 0 Å². The molecule has 3 nitrogen and oxygen atoms in total. The molecule has 88 valence electrons. The number of nitrogens with zero attached hydrogens (tertiary/aromatic N) is 1. The number of amides is 1. The van der Waals surface area contributed by atoms with E-state index in [-0.39, 0.29) is 11.3 Å². The Kier molecular flexibility index (Phi) is 4.14. The highest BCUT2D eigenvalue weighted by molar-refractivity contribution is 5.84. The molecular formula is C12H24N2O. The van der Waals surface area contributed by atoms with Crippen molar-refractivity contribution in [2.45, 2.75) is 46.1 Å². The predicted octanol–water partition coefficient (Wildman–Crippen LogP) is 1.63. The summed E-state index contributed by atoms with van der Waals surface area (Å²) < 4.78 is 0. The van der Waals surface area contributed by atoms with Crippen molar-refractivity contribution in [3.05, 3.63) is 0 Å². The zero-order valence-electron chi connectivity index (χ0n) is 10.5. The normalized spacial score (nSPS) is 26.4. The van der Waals surface area contributed by atoms with Crippen LogP contribution in [0.15, 0.2) is 0 Å². The Labute approximate surface area is 93.2 Å². The lowest BCUT2D eigenvalue weighted by molar-refractivity contribution is -0.128. The van der Waals surface area contributed by atoms with Crippen molar-refractivity contribution in [3.63, 3.8) is 0 Å². The summed E-state index contributed by atoms with van der Waals surface area (Å²) >= 11 is 0. The van der Waals surface area contributed by atoms with Gasteiger partial charge in [-0.3, -0.25) is 4.79 Å². The molecule has 0 aromatic rings. The molecule has 1 unspecified atom stereocenters. The highest BCUT2D eigenvalue weighted by atomic mass is 16.2. The van der Waals surface area contributed by atoms with E-state index in [0.29, 0.717) is 6.04 Å². The zero-order valence-corrected chi connectivity index (χ0v) is 10.5. The Balaban J connectivity index is 2.50. The second kappa shape index (κ2) is 4.97. The van der Waals surface area contributed by atoms with Crippen molar-refractivity contribution >= 4 is 5.91 Å². The molecule has 0 aliphatic carbocycles. The van der Waals surface area contributed by atoms with E-state index in [1.807, 2.05) is 0 Å². The molecule has 3 heteroatoms. The topological polar surface area (TPSA) is 32.3 Å². The second-order valence-corrected chi connectivity index (χ2v) is 4.96. The number of rotatable bonds is 5. The number of carbonyl (C=O) groups is 1. The van der Waals surface area contributed by atoms with Crippen LogP contribution in [0.1, 0.15) is 40.0 Å². The SMILES string of the molecule is CCC1(CCN(C)C(C)C)CCNC1=O. The van der Waals surface area contributed by atoms with Gasteiger partial charge in [-0.15, -0.1) is 0 Å². The van der Waals surface area contributed by atoms with Crippen molar-refractivity contribution in [2.24, 2.45) is 5.41 Å². The number of nitrogens with one attached hydrogen (secondary N) is 1. The molecule has 0 aromatic carbocycles. The first-order valence-electron chi connectivity index (χ1n) is 6.00. The van der Waals surface area contributed by atoms with Gasteiger partial charge in [0.05, 0.1) is 5.41 Å². The maximum atomic E-state index is 11.8. The summed E-state index contributed by atoms with van der Waals surface area (Å²) in [4.78, 5) is 14.1. The quantitative estimate of drug-likeness (QED) is 0.751. The Morgan fingerprint density at radius 1 is 1.53 bits per heavy atom. The van der Waals surface area contributed by atoms with Crippen molar-refractivity contribution in [2.75, 3.05) is 20.1 Å². The standard InChI is InChI=1S/C12H24N2O/c1-5-12(6-8-13-11(12)15)7-9-14(4)10(2)3/h10H,5-9H2,1-4H3,(H,13,15). The third kappa shape index (κ3) is 2.71. The van der Waals surface area contributed by atoms with Gasteiger partial charge in [-0.05, 0) is 46.7 Å². The molecule has 1 heterocycles. The van der Waals surface area contributed by atoms with Crippen LogP contribution < -0.4 is 5.32 Å². The molecule has 0 bridgehead atoms. The van der Waals surface area contributed by atoms with E-state index in [4.69, 9.17) is 0 Å². The molecule has 1 fully saturated rings. The van der Waals surface area contributed by atoms with Crippen LogP contribution in [0.2, 0.25) is 0 Å². The fourth-order valence-electron chi connectivity index (χ4n) is 2.12. The maximum Gasteiger partial charge on any atom is 0.226 e. The first kappa shape index (κ1) is 12.5. The molecule has 1 saturated heterocycles. The zero-order chi connectivity index (χ0) is 11.5. The van der Waals surface area contributed by atoms with Crippen LogP contribution in [0.3, 0.4) is 0 Å². The third-order valence-corrected chi connectivity index (χ3v) is 3.87. The second-order valence-electron chi connectivity index (χ2n) is 4.96. The Morgan fingerprint density at radius 3 is 2.60 bits per heavy atom. The van der Waals surface area contributed by atoms with Crippen LogP contribution in [0.4, 0.5) is 0 Å². The lowest BCUT2D eigenvalue weighted by Gasteiger charge is -2.29. The summed E-state index contributed by atoms with van der Waals surface area (Å²) in [7, 11) is 2.13. The predicted molar refractivity (Wildman–Crippen MR) is 62.7 cm³/mol. The van der Waals surface area contributed by atoms with Gasteiger partial charge in [0, 0.05) is 12.6 Å². The van der Waals surface area contributed by atoms with Gasteiger partial charge in [-0.1, -0.05) is 6.92 Å². The van der Waals surface area contributed by atoms with Crippen molar-refractivity contribution < 1.29 is 4.79 Å². The van der Waals surface area contributed by atoms with Gasteiger partial charge in [0.2, 0.25) is 5.91 Å². The minimum atomic E-state index is -0.0802. The summed E-state index contributed by atoms with van der Waals surface area (Å²) in [6.45, 7) is 8.37. The maximum absolute atomic E-state index is 11.8. The molecule has 0 saturated carbocycles. The molecule has 1 rings (SSSR count). The van der Waals surface area contributed by atoms with E-state index in [0.717, 1.165) is 32.4 Å². The van der Waals surface area contributed by atoms with Crippen LogP contribution in [0, 0.1) is 5.41 Å². The fourth-order valence-corrected chi connectivity index (χ4v) is 2.12. The summed E-state index contributed by atoms with van der Waals surface area (Å²) in [5.74, 6) is 0.266. The molecule has 0 aromatic heterocycles. The summed E-state index contributed by atoms with van der Waals surface area (Å²) in [5, 5.41) is 2.96. The van der Waals surface area contributed by atoms with Crippen molar-refractivity contribution in [3.8, 4) is 0 Å². The lowest BCUT2D eigenvalue weighted by Crippen LogP contribution is -2.36. The summed E-state index contributed by atoms with van der Waals surface area (Å²) in [5.41, 5.74) is -0.0802. The highest BCUT2D eigenvalue weighted by Crippen LogP contribution is 2.34. The summed E-state index contributed by atoms with van der Waals surface area (Å²) in [6, 6.07) is 0.559. The molecule has 1 atom stereocenters. The number of hydrogen-bond acceptors (Lipinski definition) is 2. The minimum absolute atomic E-state index is 0.0802. The van der Waals surface area contributed by atoms with Crippen LogP contribution in [-0.4, -0.2) is 37.0 Å². The molecule has 1 aliphatic rings. The van der Waals surface area contributed by atoms with E-state index in [2.05, 4.69) is 38.0 Å². The first-order chi connectivity index (χ1) is 7.02. The fraction of sp³-hybridized carbons (Fsp3) is 0.917. The van der Waals surface area contributed by atoms with E-state index in [1.54, 1.807) is 0 Å². The van der Waals surface area contributed by atoms with E-state index in [1.165, 1.54) is 0 Å². The number of carbonyl (C=O) groups excluding carboxylic acids is 1. The monoisotopic (exact) mass is 212 g/mol. The third-order valence-electron chi connectivity index (χ3n) is 3.87. The number of hydrogen-bond donors (Lipinski definition) is 1. The molecule has 1 aliphatic heterocycles. The molecule has 0 radical (unpaired) electrons. The van der Waals surface area contributed by atoms with E-state index >= 15 is 0 Å². The average molecular weight is 212 g/mol. The molecular weight excluding hydrogens is 188 g/mol. The Bertz CT molecular complexity index is 228. The van der Waals surface area contributed by atoms with Crippen LogP contribution >= 0.6 is 0 Å². The van der Waals surface area contributed by atoms with Gasteiger partial charge in [0.1, 0.15) is 0 Å². The van der Waals surface area contributed by atoms with Crippen LogP contribution in [0.25, 0.3) is 0 Å². The van der Waals surface area contributed by atoms with Gasteiger partial charge in [-0.2, -0.15) is 0 Å². The molecule has 15 heavy (non-hydrogen) atoms. The van der Waals surface area contributed by atoms with Crippen LogP contribution in [-0.2, 0) is 4.79 Å². The van der Waals surface area contributed by atoms with E-state index in [9.17, 15) is 4.79 Å². The molecule has 1 N–H and O–H groups in total. The average Bonchev–Trinajstić information content (AvgIpc) is 2.57. The Hall–Kier alpha value is -0.570. The smallest absolute Gasteiger partial charge is 0.226 e. The Morgan fingerprint density at radius 2 is 2.20 bits per heavy atom. The van der Waals surface area contributed by atoms with Gasteiger partial charge >= 0.3 is 0 Å². The van der Waals surface area contributed by atoms with Crippen molar-refractivity contribution in [1.29, 1.82) is 0 Å². The van der Waals surface area contributed by atoms with E-state index < -0.39 is 0 Å². The van der Waals surface area contributed by atoms with Gasteiger partial charge < -0.3 is 10.2 Å². The lowest BCUT2D eigenvalue weighted by atomic mass is 9.80.